The molecule has 0 bridgehead atoms. The van der Waals surface area contributed by atoms with E-state index in [-0.39, 0.29) is 6.61 Å². The topological polar surface area (TPSA) is 118 Å². The van der Waals surface area contributed by atoms with E-state index in [2.05, 4.69) is 21.2 Å². The second kappa shape index (κ2) is 13.5. The highest BCUT2D eigenvalue weighted by molar-refractivity contribution is 6.39. The number of hydrogen-bond donors (Lipinski definition) is 3. The van der Waals surface area contributed by atoms with Gasteiger partial charge in [-0.3, -0.25) is 14.4 Å². The summed E-state index contributed by atoms with van der Waals surface area (Å²) in [6.45, 7) is 5.53. The fourth-order valence-electron chi connectivity index (χ4n) is 3.31. The molecule has 0 heterocycles. The number of carbonyl (C=O) groups excluding carboxylic acids is 3. The van der Waals surface area contributed by atoms with E-state index >= 15 is 0 Å². The highest BCUT2D eigenvalue weighted by atomic mass is 35.5. The second-order valence-corrected chi connectivity index (χ2v) is 8.86. The van der Waals surface area contributed by atoms with Crippen LogP contribution in [0.1, 0.15) is 23.6 Å². The zero-order valence-corrected chi connectivity index (χ0v) is 22.4. The molecule has 0 saturated heterocycles. The third kappa shape index (κ3) is 7.96. The van der Waals surface area contributed by atoms with Crippen LogP contribution in [0.2, 0.25) is 10.0 Å². The largest absolute Gasteiger partial charge is 0.490 e. The molecule has 0 aliphatic heterocycles. The van der Waals surface area contributed by atoms with Crippen molar-refractivity contribution in [3.63, 3.8) is 0 Å². The molecule has 0 aromatic heterocycles. The van der Waals surface area contributed by atoms with Crippen molar-refractivity contribution < 1.29 is 23.9 Å². The minimum absolute atomic E-state index is 0.294. The third-order valence-electron chi connectivity index (χ3n) is 5.14. The van der Waals surface area contributed by atoms with Gasteiger partial charge in [-0.15, -0.1) is 0 Å². The molecular weight excluding hydrogens is 531 g/mol. The van der Waals surface area contributed by atoms with Crippen LogP contribution in [0, 0.1) is 13.8 Å². The maximum Gasteiger partial charge on any atom is 0.329 e. The van der Waals surface area contributed by atoms with Crippen LogP contribution in [0.4, 0.5) is 11.4 Å². The highest BCUT2D eigenvalue weighted by Gasteiger charge is 2.15. The number of para-hydroxylation sites is 1. The standard InChI is InChI=1S/C27H26Cl2N4O5/c1-4-37-23-12-18(14-30-33-27(36)26(35)32-25-16(2)6-5-7-17(25)3)8-11-22(23)38-15-24(34)31-21-10-9-19(28)13-20(21)29/h5-14H,4,15H2,1-3H3,(H,31,34)(H,32,35)(H,33,36)/b30-14-. The quantitative estimate of drug-likeness (QED) is 0.192. The van der Waals surface area contributed by atoms with E-state index in [0.717, 1.165) is 11.1 Å². The summed E-state index contributed by atoms with van der Waals surface area (Å²) in [6, 6.07) is 15.1. The minimum atomic E-state index is -0.916. The summed E-state index contributed by atoms with van der Waals surface area (Å²) in [4.78, 5) is 36.7. The summed E-state index contributed by atoms with van der Waals surface area (Å²) in [5.41, 5.74) is 5.43. The molecule has 0 spiro atoms. The van der Waals surface area contributed by atoms with Crippen molar-refractivity contribution >= 4 is 58.5 Å². The zero-order valence-electron chi connectivity index (χ0n) is 20.9. The number of benzene rings is 3. The lowest BCUT2D eigenvalue weighted by molar-refractivity contribution is -0.136. The van der Waals surface area contributed by atoms with Gasteiger partial charge in [0.25, 0.3) is 5.91 Å². The predicted molar refractivity (Wildman–Crippen MR) is 148 cm³/mol. The van der Waals surface area contributed by atoms with Gasteiger partial charge in [0, 0.05) is 10.7 Å². The van der Waals surface area contributed by atoms with Crippen molar-refractivity contribution in [3.05, 3.63) is 81.3 Å². The SMILES string of the molecule is CCOc1cc(/C=N\NC(=O)C(=O)Nc2c(C)cccc2C)ccc1OCC(=O)Nc1ccc(Cl)cc1Cl. The van der Waals surface area contributed by atoms with E-state index < -0.39 is 17.7 Å². The molecule has 3 aromatic carbocycles. The summed E-state index contributed by atoms with van der Waals surface area (Å²) in [6.07, 6.45) is 1.35. The number of nitrogens with one attached hydrogen (secondary N) is 3. The van der Waals surface area contributed by atoms with E-state index in [1.807, 2.05) is 32.0 Å². The number of rotatable bonds is 9. The van der Waals surface area contributed by atoms with Crippen molar-refractivity contribution in [1.29, 1.82) is 0 Å². The molecule has 0 fully saturated rings. The van der Waals surface area contributed by atoms with Crippen molar-refractivity contribution in [1.82, 2.24) is 5.43 Å². The van der Waals surface area contributed by atoms with Gasteiger partial charge in [0.1, 0.15) is 0 Å². The Morgan fingerprint density at radius 1 is 0.895 bits per heavy atom. The van der Waals surface area contributed by atoms with Gasteiger partial charge < -0.3 is 20.1 Å². The van der Waals surface area contributed by atoms with Gasteiger partial charge in [0.15, 0.2) is 18.1 Å². The lowest BCUT2D eigenvalue weighted by Gasteiger charge is -2.13. The molecule has 11 heteroatoms. The number of hydrogen-bond acceptors (Lipinski definition) is 6. The van der Waals surface area contributed by atoms with Gasteiger partial charge in [-0.2, -0.15) is 5.10 Å². The molecule has 3 N–H and O–H groups in total. The average molecular weight is 557 g/mol. The number of ether oxygens (including phenoxy) is 2. The van der Waals surface area contributed by atoms with E-state index in [1.165, 1.54) is 12.3 Å². The van der Waals surface area contributed by atoms with Crippen LogP contribution in [-0.4, -0.2) is 37.1 Å². The Kier molecular flexibility index (Phi) is 10.1. The van der Waals surface area contributed by atoms with E-state index in [1.54, 1.807) is 37.3 Å². The maximum atomic E-state index is 12.3. The summed E-state index contributed by atoms with van der Waals surface area (Å²) in [7, 11) is 0. The second-order valence-electron chi connectivity index (χ2n) is 8.02. The van der Waals surface area contributed by atoms with Crippen LogP contribution < -0.4 is 25.5 Å². The maximum absolute atomic E-state index is 12.3. The monoisotopic (exact) mass is 556 g/mol. The number of hydrazone groups is 1. The Morgan fingerprint density at radius 3 is 2.32 bits per heavy atom. The molecule has 0 aliphatic carbocycles. The Hall–Kier alpha value is -4.08. The van der Waals surface area contributed by atoms with Crippen molar-refractivity contribution in [2.75, 3.05) is 23.8 Å². The van der Waals surface area contributed by atoms with E-state index in [0.29, 0.717) is 45.1 Å². The lowest BCUT2D eigenvalue weighted by Crippen LogP contribution is -2.32. The number of nitrogens with zero attached hydrogens (tertiary/aromatic N) is 1. The molecule has 3 rings (SSSR count). The molecule has 3 amide bonds. The summed E-state index contributed by atoms with van der Waals surface area (Å²) < 4.78 is 11.2. The first-order valence-electron chi connectivity index (χ1n) is 11.5. The van der Waals surface area contributed by atoms with Crippen LogP contribution in [0.5, 0.6) is 11.5 Å². The zero-order chi connectivity index (χ0) is 27.7. The first-order valence-corrected chi connectivity index (χ1v) is 12.3. The fourth-order valence-corrected chi connectivity index (χ4v) is 3.77. The van der Waals surface area contributed by atoms with Crippen LogP contribution >= 0.6 is 23.2 Å². The van der Waals surface area contributed by atoms with E-state index in [9.17, 15) is 14.4 Å². The Labute approximate surface area is 230 Å². The number of amides is 3. The molecule has 198 valence electrons. The summed E-state index contributed by atoms with van der Waals surface area (Å²) in [5.74, 6) is -1.48. The Bertz CT molecular complexity index is 1360. The molecule has 0 atom stereocenters. The molecule has 3 aromatic rings. The molecule has 9 nitrogen and oxygen atoms in total. The average Bonchev–Trinajstić information content (AvgIpc) is 2.87. The first kappa shape index (κ1) is 28.5. The normalized spacial score (nSPS) is 10.7. The van der Waals surface area contributed by atoms with Crippen LogP contribution in [0.25, 0.3) is 0 Å². The summed E-state index contributed by atoms with van der Waals surface area (Å²) >= 11 is 12.0. The first-order chi connectivity index (χ1) is 18.2. The fraction of sp³-hybridized carbons (Fsp3) is 0.185. The van der Waals surface area contributed by atoms with Gasteiger partial charge in [-0.05, 0) is 73.9 Å². The molecule has 0 aliphatic rings. The highest BCUT2D eigenvalue weighted by Crippen LogP contribution is 2.29. The van der Waals surface area contributed by atoms with Crippen molar-refractivity contribution in [3.8, 4) is 11.5 Å². The molecule has 0 unspecified atom stereocenters. The number of carbonyl (C=O) groups is 3. The lowest BCUT2D eigenvalue weighted by atomic mass is 10.1. The van der Waals surface area contributed by atoms with Gasteiger partial charge in [-0.1, -0.05) is 41.4 Å². The van der Waals surface area contributed by atoms with Gasteiger partial charge >= 0.3 is 11.8 Å². The molecular formula is C27H26Cl2N4O5. The van der Waals surface area contributed by atoms with Crippen LogP contribution in [0.15, 0.2) is 59.7 Å². The smallest absolute Gasteiger partial charge is 0.329 e. The van der Waals surface area contributed by atoms with E-state index in [4.69, 9.17) is 32.7 Å². The Balaban J connectivity index is 1.58. The van der Waals surface area contributed by atoms with Crippen LogP contribution in [0.3, 0.4) is 0 Å². The van der Waals surface area contributed by atoms with Crippen molar-refractivity contribution in [2.45, 2.75) is 20.8 Å². The molecule has 38 heavy (non-hydrogen) atoms. The number of halogens is 2. The number of anilines is 2. The molecule has 0 radical (unpaired) electrons. The van der Waals surface area contributed by atoms with Gasteiger partial charge in [-0.25, -0.2) is 5.43 Å². The summed E-state index contributed by atoms with van der Waals surface area (Å²) in [5, 5.41) is 9.85. The third-order valence-corrected chi connectivity index (χ3v) is 5.69. The van der Waals surface area contributed by atoms with Gasteiger partial charge in [0.2, 0.25) is 0 Å². The minimum Gasteiger partial charge on any atom is -0.490 e. The Morgan fingerprint density at radius 2 is 1.63 bits per heavy atom. The molecule has 0 saturated carbocycles. The van der Waals surface area contributed by atoms with Crippen molar-refractivity contribution in [2.24, 2.45) is 5.10 Å². The van der Waals surface area contributed by atoms with Crippen LogP contribution in [-0.2, 0) is 14.4 Å². The number of aryl methyl sites for hydroxylation is 2. The predicted octanol–water partition coefficient (Wildman–Crippen LogP) is 5.12. The van der Waals surface area contributed by atoms with Gasteiger partial charge in [0.05, 0.1) is 23.5 Å².